The quantitative estimate of drug-likeness (QED) is 0.718. The van der Waals surface area contributed by atoms with Gasteiger partial charge in [-0.1, -0.05) is 6.07 Å². The molecule has 0 unspecified atom stereocenters. The van der Waals surface area contributed by atoms with Gasteiger partial charge in [-0.25, -0.2) is 4.39 Å². The molecule has 0 radical (unpaired) electrons. The molecule has 0 aliphatic rings. The van der Waals surface area contributed by atoms with Crippen molar-refractivity contribution in [3.8, 4) is 0 Å². The lowest BCUT2D eigenvalue weighted by Crippen LogP contribution is -1.82. The molecule has 0 atom stereocenters. The Morgan fingerprint density at radius 3 is 3.00 bits per heavy atom. The second-order valence-electron chi connectivity index (χ2n) is 2.53. The van der Waals surface area contributed by atoms with E-state index in [0.717, 1.165) is 4.70 Å². The summed E-state index contributed by atoms with van der Waals surface area (Å²) in [6.45, 7) is -0.0963. The molecule has 0 spiro atoms. The lowest BCUT2D eigenvalue weighted by Gasteiger charge is -1.94. The number of thiophene rings is 1. The third-order valence-corrected chi connectivity index (χ3v) is 2.79. The molecule has 0 amide bonds. The van der Waals surface area contributed by atoms with Crippen LogP contribution >= 0.6 is 11.3 Å². The Bertz CT molecular complexity index is 408. The summed E-state index contributed by atoms with van der Waals surface area (Å²) in [7, 11) is 0. The predicted molar refractivity (Wildman–Crippen MR) is 47.7 cm³/mol. The summed E-state index contributed by atoms with van der Waals surface area (Å²) in [5.74, 6) is -0.252. The first-order valence-corrected chi connectivity index (χ1v) is 4.46. The number of hydrogen-bond donors (Lipinski definition) is 1. The van der Waals surface area contributed by atoms with Gasteiger partial charge in [0, 0.05) is 10.1 Å². The molecule has 12 heavy (non-hydrogen) atoms. The molecular formula is C9H7FOS. The molecular weight excluding hydrogens is 175 g/mol. The van der Waals surface area contributed by atoms with Crippen molar-refractivity contribution in [2.24, 2.45) is 0 Å². The van der Waals surface area contributed by atoms with Crippen LogP contribution in [0.5, 0.6) is 0 Å². The SMILES string of the molecule is OCc1csc2cccc(F)c12. The van der Waals surface area contributed by atoms with Crippen molar-refractivity contribution in [3.05, 3.63) is 35.0 Å². The van der Waals surface area contributed by atoms with E-state index < -0.39 is 0 Å². The highest BCUT2D eigenvalue weighted by Gasteiger charge is 2.06. The Hall–Kier alpha value is -0.930. The average Bonchev–Trinajstić information content (AvgIpc) is 2.49. The third-order valence-electron chi connectivity index (χ3n) is 1.79. The Morgan fingerprint density at radius 1 is 1.42 bits per heavy atom. The summed E-state index contributed by atoms with van der Waals surface area (Å²) in [4.78, 5) is 0. The van der Waals surface area contributed by atoms with Crippen LogP contribution in [0.15, 0.2) is 23.6 Å². The van der Waals surface area contributed by atoms with Gasteiger partial charge >= 0.3 is 0 Å². The maximum Gasteiger partial charge on any atom is 0.132 e. The maximum absolute atomic E-state index is 13.2. The van der Waals surface area contributed by atoms with Crippen molar-refractivity contribution in [2.75, 3.05) is 0 Å². The van der Waals surface area contributed by atoms with Crippen molar-refractivity contribution >= 4 is 21.4 Å². The normalized spacial score (nSPS) is 10.8. The molecule has 1 aromatic carbocycles. The zero-order valence-electron chi connectivity index (χ0n) is 6.25. The van der Waals surface area contributed by atoms with E-state index >= 15 is 0 Å². The van der Waals surface area contributed by atoms with Gasteiger partial charge in [0.05, 0.1) is 6.61 Å². The summed E-state index contributed by atoms with van der Waals surface area (Å²) in [5, 5.41) is 11.2. The smallest absolute Gasteiger partial charge is 0.132 e. The molecule has 3 heteroatoms. The van der Waals surface area contributed by atoms with Gasteiger partial charge in [-0.15, -0.1) is 11.3 Å². The molecule has 2 aromatic rings. The zero-order valence-corrected chi connectivity index (χ0v) is 7.07. The standard InChI is InChI=1S/C9H7FOS/c10-7-2-1-3-8-9(7)6(4-11)5-12-8/h1-3,5,11H,4H2. The first-order valence-electron chi connectivity index (χ1n) is 3.58. The molecule has 0 saturated carbocycles. The Labute approximate surface area is 73.1 Å². The molecule has 2 rings (SSSR count). The van der Waals surface area contributed by atoms with Crippen LogP contribution in [-0.4, -0.2) is 5.11 Å². The molecule has 0 saturated heterocycles. The number of benzene rings is 1. The molecule has 0 bridgehead atoms. The highest BCUT2D eigenvalue weighted by Crippen LogP contribution is 2.27. The van der Waals surface area contributed by atoms with E-state index in [-0.39, 0.29) is 12.4 Å². The van der Waals surface area contributed by atoms with Crippen molar-refractivity contribution in [1.29, 1.82) is 0 Å². The molecule has 1 nitrogen and oxygen atoms in total. The minimum absolute atomic E-state index is 0.0963. The monoisotopic (exact) mass is 182 g/mol. The van der Waals surface area contributed by atoms with E-state index in [4.69, 9.17) is 5.11 Å². The Morgan fingerprint density at radius 2 is 2.25 bits per heavy atom. The third kappa shape index (κ3) is 1.02. The molecule has 1 heterocycles. The summed E-state index contributed by atoms with van der Waals surface area (Å²) < 4.78 is 14.1. The zero-order chi connectivity index (χ0) is 8.55. The summed E-state index contributed by atoms with van der Waals surface area (Å²) >= 11 is 1.45. The highest BCUT2D eigenvalue weighted by molar-refractivity contribution is 7.17. The van der Waals surface area contributed by atoms with Crippen LogP contribution in [0.25, 0.3) is 10.1 Å². The molecule has 1 N–H and O–H groups in total. The Balaban J connectivity index is 2.83. The molecule has 62 valence electrons. The fraction of sp³-hybridized carbons (Fsp3) is 0.111. The van der Waals surface area contributed by atoms with Gasteiger partial charge in [-0.3, -0.25) is 0 Å². The number of fused-ring (bicyclic) bond motifs is 1. The number of hydrogen-bond acceptors (Lipinski definition) is 2. The average molecular weight is 182 g/mol. The van der Waals surface area contributed by atoms with Crippen LogP contribution < -0.4 is 0 Å². The number of aliphatic hydroxyl groups excluding tert-OH is 1. The van der Waals surface area contributed by atoms with Crippen LogP contribution in [-0.2, 0) is 6.61 Å². The van der Waals surface area contributed by atoms with E-state index in [1.54, 1.807) is 11.4 Å². The highest BCUT2D eigenvalue weighted by atomic mass is 32.1. The Kier molecular flexibility index (Phi) is 1.83. The topological polar surface area (TPSA) is 20.2 Å². The second-order valence-corrected chi connectivity index (χ2v) is 3.44. The van der Waals surface area contributed by atoms with Gasteiger partial charge in [0.25, 0.3) is 0 Å². The van der Waals surface area contributed by atoms with Crippen molar-refractivity contribution in [3.63, 3.8) is 0 Å². The first-order chi connectivity index (χ1) is 5.83. The predicted octanol–water partition coefficient (Wildman–Crippen LogP) is 2.53. The van der Waals surface area contributed by atoms with Gasteiger partial charge in [0.15, 0.2) is 0 Å². The summed E-state index contributed by atoms with van der Waals surface area (Å²) in [5.41, 5.74) is 0.674. The van der Waals surface area contributed by atoms with Gasteiger partial charge in [-0.05, 0) is 23.1 Å². The number of halogens is 1. The van der Waals surface area contributed by atoms with E-state index in [9.17, 15) is 4.39 Å². The van der Waals surface area contributed by atoms with Crippen molar-refractivity contribution in [1.82, 2.24) is 0 Å². The van der Waals surface area contributed by atoms with Crippen LogP contribution in [0.3, 0.4) is 0 Å². The van der Waals surface area contributed by atoms with E-state index in [0.29, 0.717) is 10.9 Å². The molecule has 0 fully saturated rings. The fourth-order valence-electron chi connectivity index (χ4n) is 1.22. The fourth-order valence-corrected chi connectivity index (χ4v) is 2.19. The molecule has 1 aromatic heterocycles. The first kappa shape index (κ1) is 7.71. The van der Waals surface area contributed by atoms with E-state index in [2.05, 4.69) is 0 Å². The van der Waals surface area contributed by atoms with Crippen LogP contribution in [0.1, 0.15) is 5.56 Å². The molecule has 0 aliphatic heterocycles. The van der Waals surface area contributed by atoms with E-state index in [1.807, 2.05) is 6.07 Å². The summed E-state index contributed by atoms with van der Waals surface area (Å²) in [6.07, 6.45) is 0. The van der Waals surface area contributed by atoms with Gasteiger partial charge in [0.1, 0.15) is 5.82 Å². The number of aliphatic hydroxyl groups is 1. The molecule has 0 aliphatic carbocycles. The lowest BCUT2D eigenvalue weighted by molar-refractivity contribution is 0.283. The van der Waals surface area contributed by atoms with E-state index in [1.165, 1.54) is 17.4 Å². The summed E-state index contributed by atoms with van der Waals surface area (Å²) in [6, 6.07) is 4.94. The maximum atomic E-state index is 13.2. The van der Waals surface area contributed by atoms with Gasteiger partial charge in [0.2, 0.25) is 0 Å². The second kappa shape index (κ2) is 2.84. The van der Waals surface area contributed by atoms with Crippen LogP contribution in [0.4, 0.5) is 4.39 Å². The van der Waals surface area contributed by atoms with Crippen LogP contribution in [0, 0.1) is 5.82 Å². The largest absolute Gasteiger partial charge is 0.392 e. The lowest BCUT2D eigenvalue weighted by atomic mass is 10.2. The van der Waals surface area contributed by atoms with Gasteiger partial charge < -0.3 is 5.11 Å². The number of rotatable bonds is 1. The minimum Gasteiger partial charge on any atom is -0.392 e. The van der Waals surface area contributed by atoms with Crippen molar-refractivity contribution in [2.45, 2.75) is 6.61 Å². The van der Waals surface area contributed by atoms with Crippen molar-refractivity contribution < 1.29 is 9.50 Å². The minimum atomic E-state index is -0.252. The van der Waals surface area contributed by atoms with Crippen LogP contribution in [0.2, 0.25) is 0 Å². The van der Waals surface area contributed by atoms with Gasteiger partial charge in [-0.2, -0.15) is 0 Å².